The molecule has 0 spiro atoms. The molecule has 7 nitrogen and oxygen atoms in total. The maximum atomic E-state index is 13.9. The van der Waals surface area contributed by atoms with Crippen molar-refractivity contribution in [3.05, 3.63) is 108 Å². The lowest BCUT2D eigenvalue weighted by Gasteiger charge is -2.24. The predicted octanol–water partition coefficient (Wildman–Crippen LogP) is 5.42. The van der Waals surface area contributed by atoms with E-state index >= 15 is 0 Å². The van der Waals surface area contributed by atoms with Crippen molar-refractivity contribution >= 4 is 11.7 Å². The molecule has 0 saturated carbocycles. The lowest BCUT2D eigenvalue weighted by molar-refractivity contribution is -0.121. The molecule has 38 heavy (non-hydrogen) atoms. The molecule has 2 N–H and O–H groups in total. The summed E-state index contributed by atoms with van der Waals surface area (Å²) in [7, 11) is 0. The van der Waals surface area contributed by atoms with E-state index in [0.29, 0.717) is 37.2 Å². The highest BCUT2D eigenvalue weighted by molar-refractivity contribution is 5.94. The number of aliphatic hydroxyl groups is 1. The summed E-state index contributed by atoms with van der Waals surface area (Å²) in [6.07, 6.45) is 5.87. The molecular formula is C31H33N3O4. The summed E-state index contributed by atoms with van der Waals surface area (Å²) in [5, 5.41) is 15.6. The Kier molecular flexibility index (Phi) is 8.83. The average molecular weight is 514 g/mol. The van der Waals surface area contributed by atoms with Gasteiger partial charge in [0.05, 0.1) is 15.5 Å². The van der Waals surface area contributed by atoms with E-state index in [2.05, 4.69) is 10.2 Å². The lowest BCUT2D eigenvalue weighted by Crippen LogP contribution is -2.30. The van der Waals surface area contributed by atoms with Crippen LogP contribution in [0.1, 0.15) is 49.9 Å². The zero-order valence-corrected chi connectivity index (χ0v) is 21.2. The Morgan fingerprint density at radius 3 is 2.42 bits per heavy atom. The minimum absolute atomic E-state index is 0.0589. The van der Waals surface area contributed by atoms with Crippen LogP contribution in [-0.2, 0) is 17.8 Å². The summed E-state index contributed by atoms with van der Waals surface area (Å²) in [6.45, 7) is -2.24. The SMILES string of the molecule is [2H]C([2H])(c1ccccc1OCCCCCC(=O)CO)N(Cc1ccccc1)C(=O)c1ccc(-c2cn[nH]c2)cc1. The van der Waals surface area contributed by atoms with Crippen LogP contribution in [0.3, 0.4) is 0 Å². The number of unbranched alkanes of at least 4 members (excludes halogenated alkanes) is 2. The monoisotopic (exact) mass is 513 g/mol. The zero-order chi connectivity index (χ0) is 28.4. The van der Waals surface area contributed by atoms with Crippen molar-refractivity contribution in [1.82, 2.24) is 15.1 Å². The number of para-hydroxylation sites is 1. The first-order valence-corrected chi connectivity index (χ1v) is 12.7. The van der Waals surface area contributed by atoms with Gasteiger partial charge in [-0.05, 0) is 48.6 Å². The fourth-order valence-corrected chi connectivity index (χ4v) is 3.99. The van der Waals surface area contributed by atoms with Gasteiger partial charge >= 0.3 is 0 Å². The topological polar surface area (TPSA) is 95.5 Å². The number of ether oxygens (including phenoxy) is 1. The first kappa shape index (κ1) is 24.1. The van der Waals surface area contributed by atoms with Gasteiger partial charge in [0.15, 0.2) is 5.78 Å². The van der Waals surface area contributed by atoms with Gasteiger partial charge in [-0.15, -0.1) is 0 Å². The molecule has 1 aromatic heterocycles. The summed E-state index contributed by atoms with van der Waals surface area (Å²) >= 11 is 0. The number of hydrogen-bond acceptors (Lipinski definition) is 5. The Morgan fingerprint density at radius 1 is 0.921 bits per heavy atom. The zero-order valence-electron chi connectivity index (χ0n) is 23.2. The number of carbonyl (C=O) groups excluding carboxylic acids is 2. The van der Waals surface area contributed by atoms with Gasteiger partial charge < -0.3 is 14.7 Å². The number of amides is 1. The first-order valence-electron chi connectivity index (χ1n) is 13.7. The molecule has 1 heterocycles. The molecule has 0 atom stereocenters. The van der Waals surface area contributed by atoms with Gasteiger partial charge in [0.25, 0.3) is 5.91 Å². The van der Waals surface area contributed by atoms with Crippen LogP contribution in [0.5, 0.6) is 5.75 Å². The van der Waals surface area contributed by atoms with Crippen molar-refractivity contribution in [2.24, 2.45) is 0 Å². The predicted molar refractivity (Wildman–Crippen MR) is 147 cm³/mol. The Morgan fingerprint density at radius 2 is 1.68 bits per heavy atom. The highest BCUT2D eigenvalue weighted by atomic mass is 16.5. The van der Waals surface area contributed by atoms with Crippen LogP contribution >= 0.6 is 0 Å². The Labute approximate surface area is 225 Å². The number of H-pyrrole nitrogens is 1. The number of hydrogen-bond donors (Lipinski definition) is 2. The first-order chi connectivity index (χ1) is 19.4. The summed E-state index contributed by atoms with van der Waals surface area (Å²) in [5.74, 6) is -0.269. The molecule has 1 amide bonds. The molecule has 0 saturated heterocycles. The van der Waals surface area contributed by atoms with Gasteiger partial charge in [-0.2, -0.15) is 5.10 Å². The second kappa shape index (κ2) is 13.9. The number of aliphatic hydroxyl groups excluding tert-OH is 1. The van der Waals surface area contributed by atoms with Crippen LogP contribution in [0, 0.1) is 0 Å². The van der Waals surface area contributed by atoms with Crippen LogP contribution in [-0.4, -0.2) is 45.1 Å². The van der Waals surface area contributed by atoms with E-state index in [4.69, 9.17) is 9.84 Å². The molecule has 0 radical (unpaired) electrons. The smallest absolute Gasteiger partial charge is 0.254 e. The molecule has 4 aromatic rings. The molecule has 0 bridgehead atoms. The molecule has 0 aliphatic heterocycles. The largest absolute Gasteiger partial charge is 0.493 e. The minimum Gasteiger partial charge on any atom is -0.493 e. The highest BCUT2D eigenvalue weighted by Gasteiger charge is 2.19. The number of Topliss-reactive ketones (excluding diaryl/α,β-unsaturated/α-hetero) is 1. The van der Waals surface area contributed by atoms with Gasteiger partial charge in [-0.1, -0.05) is 60.7 Å². The highest BCUT2D eigenvalue weighted by Crippen LogP contribution is 2.24. The number of ketones is 1. The van der Waals surface area contributed by atoms with Crippen molar-refractivity contribution in [2.75, 3.05) is 13.2 Å². The maximum absolute atomic E-state index is 13.9. The maximum Gasteiger partial charge on any atom is 0.254 e. The fourth-order valence-electron chi connectivity index (χ4n) is 3.99. The van der Waals surface area contributed by atoms with E-state index < -0.39 is 19.0 Å². The van der Waals surface area contributed by atoms with Crippen LogP contribution < -0.4 is 4.74 Å². The van der Waals surface area contributed by atoms with E-state index in [0.717, 1.165) is 23.1 Å². The van der Waals surface area contributed by atoms with Crippen molar-refractivity contribution in [3.63, 3.8) is 0 Å². The molecule has 4 rings (SSSR count). The number of carbonyl (C=O) groups is 2. The molecule has 0 fully saturated rings. The summed E-state index contributed by atoms with van der Waals surface area (Å²) in [6, 6.07) is 23.2. The van der Waals surface area contributed by atoms with Crippen molar-refractivity contribution in [3.8, 4) is 16.9 Å². The molecule has 0 aliphatic rings. The number of nitrogens with one attached hydrogen (secondary N) is 1. The number of rotatable bonds is 14. The van der Waals surface area contributed by atoms with Gasteiger partial charge in [0.2, 0.25) is 0 Å². The van der Waals surface area contributed by atoms with E-state index in [9.17, 15) is 12.3 Å². The van der Waals surface area contributed by atoms with E-state index in [-0.39, 0.29) is 17.9 Å². The molecule has 7 heteroatoms. The third-order valence-corrected chi connectivity index (χ3v) is 6.07. The molecule has 3 aromatic carbocycles. The summed E-state index contributed by atoms with van der Waals surface area (Å²) in [4.78, 5) is 26.4. The Hall–Kier alpha value is -4.23. The van der Waals surface area contributed by atoms with Crippen molar-refractivity contribution < 1.29 is 22.2 Å². The van der Waals surface area contributed by atoms with Crippen LogP contribution in [0.25, 0.3) is 11.1 Å². The lowest BCUT2D eigenvalue weighted by atomic mass is 10.1. The molecule has 0 aliphatic carbocycles. The quantitative estimate of drug-likeness (QED) is 0.220. The van der Waals surface area contributed by atoms with Crippen LogP contribution in [0.4, 0.5) is 0 Å². The van der Waals surface area contributed by atoms with E-state index in [1.807, 2.05) is 42.5 Å². The molecule has 196 valence electrons. The van der Waals surface area contributed by atoms with E-state index in [1.54, 1.807) is 48.8 Å². The molecule has 0 unspecified atom stereocenters. The van der Waals surface area contributed by atoms with Gasteiger partial charge in [-0.3, -0.25) is 14.7 Å². The second-order valence-electron chi connectivity index (χ2n) is 8.91. The fraction of sp³-hybridized carbons (Fsp3) is 0.258. The van der Waals surface area contributed by atoms with Gasteiger partial charge in [0.1, 0.15) is 12.4 Å². The third-order valence-electron chi connectivity index (χ3n) is 6.07. The van der Waals surface area contributed by atoms with Crippen LogP contribution in [0.2, 0.25) is 0 Å². The van der Waals surface area contributed by atoms with Crippen LogP contribution in [0.15, 0.2) is 91.3 Å². The van der Waals surface area contributed by atoms with Gasteiger partial charge in [-0.25, -0.2) is 0 Å². The number of benzene rings is 3. The molecular weight excluding hydrogens is 478 g/mol. The second-order valence-corrected chi connectivity index (χ2v) is 8.91. The number of aromatic amines is 1. The summed E-state index contributed by atoms with van der Waals surface area (Å²) < 4.78 is 24.3. The third kappa shape index (κ3) is 7.63. The standard InChI is InChI=1S/C31H33N3O4/c35-23-29(36)12-5-2-8-18-38-30-13-7-6-11-27(30)22-34(21-24-9-3-1-4-10-24)31(37)26-16-14-25(15-17-26)28-19-32-33-20-28/h1,3-4,6-7,9-11,13-17,19-20,35H,2,5,8,12,18,21-23H2,(H,32,33)/i22D2. The van der Waals surface area contributed by atoms with E-state index in [1.165, 1.54) is 4.90 Å². The van der Waals surface area contributed by atoms with Gasteiger partial charge in [0, 0.05) is 42.3 Å². The Balaban J connectivity index is 1.56. The number of aromatic nitrogens is 2. The average Bonchev–Trinajstić information content (AvgIpc) is 3.53. The number of nitrogens with zero attached hydrogens (tertiary/aromatic N) is 2. The van der Waals surface area contributed by atoms with Crippen molar-refractivity contribution in [2.45, 2.75) is 38.7 Å². The normalized spacial score (nSPS) is 11.9. The minimum atomic E-state index is -2.19. The summed E-state index contributed by atoms with van der Waals surface area (Å²) in [5.41, 5.74) is 3.20. The van der Waals surface area contributed by atoms with Crippen molar-refractivity contribution in [1.29, 1.82) is 0 Å². The Bertz CT molecular complexity index is 1380.